The van der Waals surface area contributed by atoms with Crippen molar-refractivity contribution in [3.8, 4) is 0 Å². The average molecular weight is 357 g/mol. The van der Waals surface area contributed by atoms with E-state index in [1.165, 1.54) is 15.0 Å². The molecule has 1 aromatic heterocycles. The van der Waals surface area contributed by atoms with Crippen molar-refractivity contribution in [2.75, 3.05) is 6.54 Å². The number of nitrogens with zero attached hydrogens (tertiary/aromatic N) is 1. The molecule has 3 heterocycles. The summed E-state index contributed by atoms with van der Waals surface area (Å²) in [5.41, 5.74) is 0. The fourth-order valence-corrected chi connectivity index (χ4v) is 4.80. The maximum Gasteiger partial charge on any atom is 0.246 e. The number of hydrogen-bond acceptors (Lipinski definition) is 4. The minimum absolute atomic E-state index is 0.00976. The first-order valence-corrected chi connectivity index (χ1v) is 9.66. The third kappa shape index (κ3) is 3.04. The van der Waals surface area contributed by atoms with E-state index in [4.69, 9.17) is 0 Å². The van der Waals surface area contributed by atoms with Crippen LogP contribution in [0.4, 0.5) is 0 Å². The fourth-order valence-electron chi connectivity index (χ4n) is 3.79. The van der Waals surface area contributed by atoms with Crippen LogP contribution in [0.2, 0.25) is 0 Å². The standard InChI is InChI=1S/C19H23N3O2S/c1-11(2)17-19(24)22-10-13(8-15(22)18(23)21-17)20-9-14-7-12-5-3-4-6-16(12)25-14/h3-7,11,13,15,17,20H,8-10H2,1-2H3,(H,21,23)/t13-,15-,17+/m0/s1. The lowest BCUT2D eigenvalue weighted by Crippen LogP contribution is -2.62. The Bertz CT molecular complexity index is 783. The maximum absolute atomic E-state index is 12.6. The second-order valence-electron chi connectivity index (χ2n) is 7.30. The highest BCUT2D eigenvalue weighted by atomic mass is 32.1. The highest BCUT2D eigenvalue weighted by Crippen LogP contribution is 2.27. The molecular formula is C19H23N3O2S. The van der Waals surface area contributed by atoms with Crippen LogP contribution in [0.1, 0.15) is 25.1 Å². The van der Waals surface area contributed by atoms with Gasteiger partial charge in [0.25, 0.3) is 0 Å². The van der Waals surface area contributed by atoms with Gasteiger partial charge in [0.2, 0.25) is 11.8 Å². The summed E-state index contributed by atoms with van der Waals surface area (Å²) >= 11 is 1.79. The molecule has 0 radical (unpaired) electrons. The number of carbonyl (C=O) groups is 2. The summed E-state index contributed by atoms with van der Waals surface area (Å²) in [4.78, 5) is 28.0. The van der Waals surface area contributed by atoms with Gasteiger partial charge in [-0.15, -0.1) is 11.3 Å². The number of carbonyl (C=O) groups excluding carboxylic acids is 2. The van der Waals surface area contributed by atoms with E-state index in [2.05, 4.69) is 41.0 Å². The van der Waals surface area contributed by atoms with Crippen molar-refractivity contribution in [1.29, 1.82) is 0 Å². The predicted octanol–water partition coefficient (Wildman–Crippen LogP) is 2.11. The summed E-state index contributed by atoms with van der Waals surface area (Å²) in [7, 11) is 0. The smallest absolute Gasteiger partial charge is 0.246 e. The number of fused-ring (bicyclic) bond motifs is 2. The van der Waals surface area contributed by atoms with Crippen LogP contribution in [0, 0.1) is 5.92 Å². The second-order valence-corrected chi connectivity index (χ2v) is 8.47. The van der Waals surface area contributed by atoms with Crippen LogP contribution in [0.25, 0.3) is 10.1 Å². The Kier molecular flexibility index (Phi) is 4.25. The van der Waals surface area contributed by atoms with Crippen molar-refractivity contribution >= 4 is 33.2 Å². The van der Waals surface area contributed by atoms with Crippen molar-refractivity contribution in [3.05, 3.63) is 35.2 Å². The van der Waals surface area contributed by atoms with E-state index in [0.29, 0.717) is 13.0 Å². The maximum atomic E-state index is 12.6. The van der Waals surface area contributed by atoms with E-state index in [9.17, 15) is 9.59 Å². The third-order valence-corrected chi connectivity index (χ3v) is 6.27. The van der Waals surface area contributed by atoms with Crippen LogP contribution in [-0.4, -0.2) is 41.4 Å². The summed E-state index contributed by atoms with van der Waals surface area (Å²) in [6.07, 6.45) is 0.688. The molecule has 0 saturated carbocycles. The molecule has 132 valence electrons. The molecule has 0 spiro atoms. The lowest BCUT2D eigenvalue weighted by Gasteiger charge is -2.36. The molecule has 5 nitrogen and oxygen atoms in total. The van der Waals surface area contributed by atoms with Crippen molar-refractivity contribution in [2.45, 2.75) is 44.9 Å². The van der Waals surface area contributed by atoms with Crippen LogP contribution < -0.4 is 10.6 Å². The highest BCUT2D eigenvalue weighted by Gasteiger charge is 2.46. The number of benzene rings is 1. The summed E-state index contributed by atoms with van der Waals surface area (Å²) < 4.78 is 1.29. The lowest BCUT2D eigenvalue weighted by atomic mass is 9.98. The summed E-state index contributed by atoms with van der Waals surface area (Å²) in [5, 5.41) is 7.70. The SMILES string of the molecule is CC(C)[C@H]1NC(=O)[C@@H]2C[C@H](NCc3cc4ccccc4s3)CN2C1=O. The summed E-state index contributed by atoms with van der Waals surface area (Å²) in [6.45, 7) is 5.33. The zero-order valence-electron chi connectivity index (χ0n) is 14.5. The van der Waals surface area contributed by atoms with Gasteiger partial charge in [0.15, 0.2) is 0 Å². The zero-order valence-corrected chi connectivity index (χ0v) is 15.3. The van der Waals surface area contributed by atoms with Gasteiger partial charge < -0.3 is 15.5 Å². The van der Waals surface area contributed by atoms with Gasteiger partial charge in [-0.1, -0.05) is 32.0 Å². The van der Waals surface area contributed by atoms with Crippen LogP contribution in [0.3, 0.4) is 0 Å². The predicted molar refractivity (Wildman–Crippen MR) is 99.3 cm³/mol. The molecule has 3 atom stereocenters. The monoisotopic (exact) mass is 357 g/mol. The van der Waals surface area contributed by atoms with E-state index < -0.39 is 0 Å². The van der Waals surface area contributed by atoms with Gasteiger partial charge in [-0.3, -0.25) is 9.59 Å². The molecule has 2 saturated heterocycles. The molecule has 0 bridgehead atoms. The number of amides is 2. The van der Waals surface area contributed by atoms with Crippen LogP contribution in [0.15, 0.2) is 30.3 Å². The quantitative estimate of drug-likeness (QED) is 0.881. The van der Waals surface area contributed by atoms with Gasteiger partial charge in [0.1, 0.15) is 12.1 Å². The van der Waals surface area contributed by atoms with Gasteiger partial charge in [0.05, 0.1) is 0 Å². The number of thiophene rings is 1. The molecule has 2 fully saturated rings. The zero-order chi connectivity index (χ0) is 17.6. The average Bonchev–Trinajstić information content (AvgIpc) is 3.19. The van der Waals surface area contributed by atoms with Gasteiger partial charge in [-0.05, 0) is 29.9 Å². The third-order valence-electron chi connectivity index (χ3n) is 5.16. The van der Waals surface area contributed by atoms with E-state index in [1.807, 2.05) is 13.8 Å². The number of rotatable bonds is 4. The number of nitrogens with one attached hydrogen (secondary N) is 2. The molecule has 0 aliphatic carbocycles. The number of hydrogen-bond donors (Lipinski definition) is 2. The van der Waals surface area contributed by atoms with Crippen LogP contribution in [-0.2, 0) is 16.1 Å². The van der Waals surface area contributed by atoms with Crippen molar-refractivity contribution in [2.24, 2.45) is 5.92 Å². The molecule has 2 aliphatic heterocycles. The van der Waals surface area contributed by atoms with Crippen LogP contribution >= 0.6 is 11.3 Å². The van der Waals surface area contributed by atoms with E-state index >= 15 is 0 Å². The topological polar surface area (TPSA) is 61.4 Å². The molecule has 25 heavy (non-hydrogen) atoms. The van der Waals surface area contributed by atoms with E-state index in [0.717, 1.165) is 6.54 Å². The first kappa shape index (κ1) is 16.5. The van der Waals surface area contributed by atoms with E-state index in [1.54, 1.807) is 16.2 Å². The molecule has 2 N–H and O–H groups in total. The van der Waals surface area contributed by atoms with Crippen LogP contribution in [0.5, 0.6) is 0 Å². The molecular weight excluding hydrogens is 334 g/mol. The molecule has 6 heteroatoms. The van der Waals surface area contributed by atoms with Gasteiger partial charge in [0, 0.05) is 28.7 Å². The van der Waals surface area contributed by atoms with Gasteiger partial charge in [-0.25, -0.2) is 0 Å². The lowest BCUT2D eigenvalue weighted by molar-refractivity contribution is -0.148. The van der Waals surface area contributed by atoms with Crippen molar-refractivity contribution < 1.29 is 9.59 Å². The molecule has 2 aromatic rings. The first-order valence-electron chi connectivity index (χ1n) is 8.84. The molecule has 2 amide bonds. The minimum atomic E-state index is -0.384. The normalized spacial score (nSPS) is 26.4. The van der Waals surface area contributed by atoms with Crippen molar-refractivity contribution in [1.82, 2.24) is 15.5 Å². The summed E-state index contributed by atoms with van der Waals surface area (Å²) in [5.74, 6) is 0.165. The highest BCUT2D eigenvalue weighted by molar-refractivity contribution is 7.19. The molecule has 1 aromatic carbocycles. The molecule has 0 unspecified atom stereocenters. The number of piperazine rings is 1. The van der Waals surface area contributed by atoms with Crippen molar-refractivity contribution in [3.63, 3.8) is 0 Å². The molecule has 4 rings (SSSR count). The van der Waals surface area contributed by atoms with Gasteiger partial charge in [-0.2, -0.15) is 0 Å². The Hall–Kier alpha value is -1.92. The Morgan fingerprint density at radius 1 is 1.32 bits per heavy atom. The Morgan fingerprint density at radius 2 is 2.12 bits per heavy atom. The van der Waals surface area contributed by atoms with E-state index in [-0.39, 0.29) is 35.9 Å². The Morgan fingerprint density at radius 3 is 2.88 bits per heavy atom. The first-order chi connectivity index (χ1) is 12.0. The summed E-state index contributed by atoms with van der Waals surface area (Å²) in [6, 6.07) is 10.0. The molecule has 2 aliphatic rings. The second kappa shape index (κ2) is 6.42. The Balaban J connectivity index is 1.42. The minimum Gasteiger partial charge on any atom is -0.342 e. The Labute approximate surface area is 151 Å². The largest absolute Gasteiger partial charge is 0.342 e. The fraction of sp³-hybridized carbons (Fsp3) is 0.474. The van der Waals surface area contributed by atoms with Gasteiger partial charge >= 0.3 is 0 Å².